The maximum Gasteiger partial charge on any atom is 0.419 e. The first-order chi connectivity index (χ1) is 11.3. The van der Waals surface area contributed by atoms with Crippen LogP contribution >= 0.6 is 0 Å². The van der Waals surface area contributed by atoms with E-state index in [1.165, 1.54) is 17.1 Å². The van der Waals surface area contributed by atoms with E-state index in [9.17, 15) is 17.6 Å². The lowest BCUT2D eigenvalue weighted by Crippen LogP contribution is -2.08. The second kappa shape index (κ2) is 5.91. The molecule has 9 heteroatoms. The van der Waals surface area contributed by atoms with Crippen LogP contribution in [0.3, 0.4) is 0 Å². The fourth-order valence-corrected chi connectivity index (χ4v) is 2.07. The minimum Gasteiger partial charge on any atom is -0.323 e. The second-order valence-electron chi connectivity index (χ2n) is 4.99. The zero-order valence-electron chi connectivity index (χ0n) is 12.3. The van der Waals surface area contributed by atoms with Crippen molar-refractivity contribution in [1.82, 2.24) is 19.7 Å². The fraction of sp³-hybridized carbons (Fsp3) is 0.133. The van der Waals surface area contributed by atoms with Crippen molar-refractivity contribution in [3.63, 3.8) is 0 Å². The Hall–Kier alpha value is -2.97. The zero-order chi connectivity index (χ0) is 17.3. The average molecular weight is 337 g/mol. The highest BCUT2D eigenvalue weighted by molar-refractivity contribution is 5.55. The van der Waals surface area contributed by atoms with Crippen molar-refractivity contribution in [3.8, 4) is 5.69 Å². The lowest BCUT2D eigenvalue weighted by atomic mass is 10.2. The molecule has 124 valence electrons. The van der Waals surface area contributed by atoms with E-state index >= 15 is 0 Å². The van der Waals surface area contributed by atoms with Crippen molar-refractivity contribution in [2.45, 2.75) is 13.1 Å². The van der Waals surface area contributed by atoms with Gasteiger partial charge in [0.1, 0.15) is 12.1 Å². The third kappa shape index (κ3) is 3.34. The number of aryl methyl sites for hydroxylation is 1. The molecular weight excluding hydrogens is 326 g/mol. The number of hydrogen-bond donors (Lipinski definition) is 1. The van der Waals surface area contributed by atoms with Gasteiger partial charge in [0.2, 0.25) is 5.95 Å². The van der Waals surface area contributed by atoms with Gasteiger partial charge in [0.25, 0.3) is 0 Å². The van der Waals surface area contributed by atoms with Gasteiger partial charge in [-0.2, -0.15) is 18.2 Å². The molecule has 0 radical (unpaired) electrons. The van der Waals surface area contributed by atoms with Crippen LogP contribution in [0.4, 0.5) is 29.2 Å². The number of rotatable bonds is 3. The summed E-state index contributed by atoms with van der Waals surface area (Å²) in [5, 5.41) is 6.75. The highest BCUT2D eigenvalue weighted by Gasteiger charge is 2.34. The van der Waals surface area contributed by atoms with E-state index in [0.717, 1.165) is 11.8 Å². The van der Waals surface area contributed by atoms with Gasteiger partial charge in [-0.1, -0.05) is 0 Å². The Morgan fingerprint density at radius 2 is 1.88 bits per heavy atom. The molecule has 0 spiro atoms. The standard InChI is InChI=1S/C15H11F4N5/c1-9-6-11(4-5-20-9)24-8-21-14(23-24)22-10-2-3-13(16)12(7-10)15(17,18)19/h2-8H,1H3,(H,22,23). The molecule has 0 aliphatic carbocycles. The van der Waals surface area contributed by atoms with Gasteiger partial charge in [0.05, 0.1) is 11.3 Å². The molecule has 0 bridgehead atoms. The van der Waals surface area contributed by atoms with E-state index in [1.54, 1.807) is 18.3 Å². The first-order valence-electron chi connectivity index (χ1n) is 6.81. The number of benzene rings is 1. The van der Waals surface area contributed by atoms with Gasteiger partial charge in [-0.3, -0.25) is 4.98 Å². The van der Waals surface area contributed by atoms with Gasteiger partial charge >= 0.3 is 6.18 Å². The molecule has 3 rings (SSSR count). The van der Waals surface area contributed by atoms with Crippen LogP contribution in [-0.4, -0.2) is 19.7 Å². The van der Waals surface area contributed by atoms with Crippen LogP contribution in [0.25, 0.3) is 5.69 Å². The number of alkyl halides is 3. The molecule has 0 unspecified atom stereocenters. The zero-order valence-corrected chi connectivity index (χ0v) is 12.3. The summed E-state index contributed by atoms with van der Waals surface area (Å²) in [6.45, 7) is 1.82. The molecule has 2 heterocycles. The maximum atomic E-state index is 13.3. The average Bonchev–Trinajstić information content (AvgIpc) is 2.97. The van der Waals surface area contributed by atoms with E-state index in [0.29, 0.717) is 11.8 Å². The summed E-state index contributed by atoms with van der Waals surface area (Å²) in [6, 6.07) is 6.09. The lowest BCUT2D eigenvalue weighted by Gasteiger charge is -2.10. The minimum absolute atomic E-state index is 0.0346. The second-order valence-corrected chi connectivity index (χ2v) is 4.99. The maximum absolute atomic E-state index is 13.3. The molecule has 0 aliphatic rings. The Labute approximate surface area is 134 Å². The molecule has 0 fully saturated rings. The van der Waals surface area contributed by atoms with Crippen LogP contribution in [0, 0.1) is 12.7 Å². The van der Waals surface area contributed by atoms with Crippen molar-refractivity contribution in [1.29, 1.82) is 0 Å². The Balaban J connectivity index is 1.85. The summed E-state index contributed by atoms with van der Waals surface area (Å²) in [4.78, 5) is 8.04. The molecule has 0 saturated carbocycles. The number of nitrogens with zero attached hydrogens (tertiary/aromatic N) is 4. The molecule has 0 aliphatic heterocycles. The molecule has 3 aromatic rings. The molecule has 0 amide bonds. The molecule has 0 atom stereocenters. The Morgan fingerprint density at radius 3 is 2.58 bits per heavy atom. The predicted octanol–water partition coefficient (Wildman–Crippen LogP) is 3.87. The summed E-state index contributed by atoms with van der Waals surface area (Å²) < 4.78 is 52.9. The van der Waals surface area contributed by atoms with Crippen LogP contribution in [0.5, 0.6) is 0 Å². The van der Waals surface area contributed by atoms with E-state index < -0.39 is 17.6 Å². The van der Waals surface area contributed by atoms with E-state index in [4.69, 9.17) is 0 Å². The van der Waals surface area contributed by atoms with E-state index in [2.05, 4.69) is 20.4 Å². The van der Waals surface area contributed by atoms with Gasteiger partial charge in [0, 0.05) is 17.6 Å². The first kappa shape index (κ1) is 15.9. The fourth-order valence-electron chi connectivity index (χ4n) is 2.07. The van der Waals surface area contributed by atoms with Crippen molar-refractivity contribution >= 4 is 11.6 Å². The van der Waals surface area contributed by atoms with Gasteiger partial charge in [-0.05, 0) is 37.3 Å². The Kier molecular flexibility index (Phi) is 3.92. The van der Waals surface area contributed by atoms with E-state index in [1.807, 2.05) is 6.92 Å². The van der Waals surface area contributed by atoms with Crippen LogP contribution in [-0.2, 0) is 6.18 Å². The van der Waals surface area contributed by atoms with Crippen molar-refractivity contribution in [3.05, 3.63) is 59.9 Å². The topological polar surface area (TPSA) is 55.6 Å². The van der Waals surface area contributed by atoms with Crippen molar-refractivity contribution in [2.24, 2.45) is 0 Å². The molecule has 2 aromatic heterocycles. The molecule has 24 heavy (non-hydrogen) atoms. The monoisotopic (exact) mass is 337 g/mol. The van der Waals surface area contributed by atoms with Crippen LogP contribution in [0.1, 0.15) is 11.3 Å². The number of aromatic nitrogens is 4. The molecule has 1 aromatic carbocycles. The van der Waals surface area contributed by atoms with Gasteiger partial charge in [-0.25, -0.2) is 9.07 Å². The summed E-state index contributed by atoms with van der Waals surface area (Å²) in [5.74, 6) is -1.25. The SMILES string of the molecule is Cc1cc(-n2cnc(Nc3ccc(F)c(C(F)(F)F)c3)n2)ccn1. The van der Waals surface area contributed by atoms with Crippen molar-refractivity contribution in [2.75, 3.05) is 5.32 Å². The normalized spacial score (nSPS) is 11.5. The summed E-state index contributed by atoms with van der Waals surface area (Å²) in [7, 11) is 0. The van der Waals surface area contributed by atoms with Gasteiger partial charge in [-0.15, -0.1) is 5.10 Å². The lowest BCUT2D eigenvalue weighted by molar-refractivity contribution is -0.139. The Bertz CT molecular complexity index is 872. The number of anilines is 2. The molecule has 0 saturated heterocycles. The number of nitrogens with one attached hydrogen (secondary N) is 1. The predicted molar refractivity (Wildman–Crippen MR) is 78.6 cm³/mol. The number of halogens is 4. The van der Waals surface area contributed by atoms with Gasteiger partial charge < -0.3 is 5.32 Å². The quantitative estimate of drug-likeness (QED) is 0.737. The van der Waals surface area contributed by atoms with Crippen LogP contribution in [0.15, 0.2) is 42.9 Å². The minimum atomic E-state index is -4.77. The number of hydrogen-bond acceptors (Lipinski definition) is 4. The van der Waals surface area contributed by atoms with Crippen LogP contribution in [0.2, 0.25) is 0 Å². The molecule has 5 nitrogen and oxygen atoms in total. The summed E-state index contributed by atoms with van der Waals surface area (Å²) in [6.07, 6.45) is -1.76. The largest absolute Gasteiger partial charge is 0.419 e. The third-order valence-corrected chi connectivity index (χ3v) is 3.16. The highest BCUT2D eigenvalue weighted by atomic mass is 19.4. The third-order valence-electron chi connectivity index (χ3n) is 3.16. The summed E-state index contributed by atoms with van der Waals surface area (Å²) >= 11 is 0. The number of pyridine rings is 1. The highest BCUT2D eigenvalue weighted by Crippen LogP contribution is 2.33. The van der Waals surface area contributed by atoms with Crippen LogP contribution < -0.4 is 5.32 Å². The summed E-state index contributed by atoms with van der Waals surface area (Å²) in [5.41, 5.74) is 0.174. The first-order valence-corrected chi connectivity index (χ1v) is 6.81. The Morgan fingerprint density at radius 1 is 1.08 bits per heavy atom. The van der Waals surface area contributed by atoms with E-state index in [-0.39, 0.29) is 11.6 Å². The molecular formula is C15H11F4N5. The van der Waals surface area contributed by atoms with Crippen molar-refractivity contribution < 1.29 is 17.6 Å². The molecule has 1 N–H and O–H groups in total. The smallest absolute Gasteiger partial charge is 0.323 e. The van der Waals surface area contributed by atoms with Gasteiger partial charge in [0.15, 0.2) is 0 Å².